The summed E-state index contributed by atoms with van der Waals surface area (Å²) in [5, 5.41) is 12.4. The van der Waals surface area contributed by atoms with Crippen molar-refractivity contribution < 1.29 is 9.90 Å². The van der Waals surface area contributed by atoms with Gasteiger partial charge in [-0.2, -0.15) is 0 Å². The maximum atomic E-state index is 12.1. The Balaban J connectivity index is 2.41. The molecule has 4 nitrogen and oxygen atoms in total. The molecular formula is C14H19BrN2O2. The van der Waals surface area contributed by atoms with Gasteiger partial charge in [-0.1, -0.05) is 15.9 Å². The summed E-state index contributed by atoms with van der Waals surface area (Å²) in [4.78, 5) is 14.1. The molecule has 1 aliphatic rings. The van der Waals surface area contributed by atoms with Gasteiger partial charge in [-0.25, -0.2) is 0 Å². The highest BCUT2D eigenvalue weighted by Crippen LogP contribution is 2.29. The second-order valence-electron chi connectivity index (χ2n) is 5.63. The van der Waals surface area contributed by atoms with E-state index in [4.69, 9.17) is 0 Å². The van der Waals surface area contributed by atoms with Gasteiger partial charge >= 0.3 is 0 Å². The molecule has 1 aromatic rings. The van der Waals surface area contributed by atoms with Crippen LogP contribution in [0.1, 0.15) is 19.4 Å². The molecule has 0 saturated carbocycles. The molecule has 1 saturated heterocycles. The zero-order valence-corrected chi connectivity index (χ0v) is 13.0. The highest BCUT2D eigenvalue weighted by molar-refractivity contribution is 9.10. The van der Waals surface area contributed by atoms with E-state index in [0.29, 0.717) is 6.54 Å². The number of piperazine rings is 1. The molecule has 1 aromatic carbocycles. The first-order valence-electron chi connectivity index (χ1n) is 6.30. The van der Waals surface area contributed by atoms with Crippen molar-refractivity contribution in [2.75, 3.05) is 18.1 Å². The minimum Gasteiger partial charge on any atom is -0.394 e. The number of carbonyl (C=O) groups is 1. The van der Waals surface area contributed by atoms with Crippen molar-refractivity contribution in [2.24, 2.45) is 0 Å². The zero-order chi connectivity index (χ0) is 14.2. The number of nitrogens with one attached hydrogen (secondary N) is 1. The molecule has 19 heavy (non-hydrogen) atoms. The number of hydrogen-bond donors (Lipinski definition) is 2. The first-order valence-corrected chi connectivity index (χ1v) is 7.09. The molecule has 1 unspecified atom stereocenters. The number of benzene rings is 1. The topological polar surface area (TPSA) is 52.6 Å². The largest absolute Gasteiger partial charge is 0.394 e. The summed E-state index contributed by atoms with van der Waals surface area (Å²) in [6.07, 6.45) is 0. The van der Waals surface area contributed by atoms with Gasteiger partial charge in [-0.3, -0.25) is 4.79 Å². The number of anilines is 1. The number of halogens is 1. The average molecular weight is 327 g/mol. The van der Waals surface area contributed by atoms with E-state index in [2.05, 4.69) is 21.2 Å². The summed E-state index contributed by atoms with van der Waals surface area (Å²) in [5.74, 6) is -0.124. The number of hydrogen-bond acceptors (Lipinski definition) is 3. The number of aliphatic hydroxyl groups is 1. The highest BCUT2D eigenvalue weighted by Gasteiger charge is 2.38. The highest BCUT2D eigenvalue weighted by atomic mass is 79.9. The number of aliphatic hydroxyl groups excluding tert-OH is 1. The molecule has 0 bridgehead atoms. The van der Waals surface area contributed by atoms with Gasteiger partial charge in [0, 0.05) is 16.7 Å². The number of carbonyl (C=O) groups excluding carboxylic acids is 1. The number of nitrogens with zero attached hydrogens (tertiary/aromatic N) is 1. The summed E-state index contributed by atoms with van der Waals surface area (Å²) in [7, 11) is 0. The van der Waals surface area contributed by atoms with Crippen LogP contribution in [0.25, 0.3) is 0 Å². The number of rotatable bonds is 2. The lowest BCUT2D eigenvalue weighted by molar-refractivity contribution is -0.126. The Kier molecular flexibility index (Phi) is 3.87. The Hall–Kier alpha value is -1.07. The van der Waals surface area contributed by atoms with Gasteiger partial charge in [0.2, 0.25) is 5.91 Å². The molecule has 1 aliphatic heterocycles. The smallest absolute Gasteiger partial charge is 0.245 e. The maximum Gasteiger partial charge on any atom is 0.245 e. The van der Waals surface area contributed by atoms with E-state index in [9.17, 15) is 9.90 Å². The van der Waals surface area contributed by atoms with E-state index in [1.54, 1.807) is 0 Å². The normalized spacial score (nSPS) is 22.3. The van der Waals surface area contributed by atoms with Crippen molar-refractivity contribution in [2.45, 2.75) is 32.4 Å². The lowest BCUT2D eigenvalue weighted by Crippen LogP contribution is -2.66. The predicted molar refractivity (Wildman–Crippen MR) is 79.3 cm³/mol. The molecule has 1 atom stereocenters. The summed E-state index contributed by atoms with van der Waals surface area (Å²) < 4.78 is 1.01. The first-order chi connectivity index (χ1) is 8.84. The summed E-state index contributed by atoms with van der Waals surface area (Å²) >= 11 is 3.44. The molecule has 2 N–H and O–H groups in total. The standard InChI is InChI=1S/C14H19BrN2O2/c1-9-6-10(15)4-5-11(9)17-8-14(2,3)16-13(19)12(17)7-18/h4-6,12,18H,7-8H2,1-3H3,(H,16,19). The van der Waals surface area contributed by atoms with E-state index < -0.39 is 6.04 Å². The Morgan fingerprint density at radius 1 is 1.53 bits per heavy atom. The van der Waals surface area contributed by atoms with Gasteiger partial charge in [0.15, 0.2) is 0 Å². The van der Waals surface area contributed by atoms with Gasteiger partial charge in [0.25, 0.3) is 0 Å². The van der Waals surface area contributed by atoms with Crippen LogP contribution in [0, 0.1) is 6.92 Å². The number of aryl methyl sites for hydroxylation is 1. The van der Waals surface area contributed by atoms with Crippen molar-refractivity contribution in [1.82, 2.24) is 5.32 Å². The molecule has 1 fully saturated rings. The van der Waals surface area contributed by atoms with Crippen molar-refractivity contribution in [3.05, 3.63) is 28.2 Å². The minimum absolute atomic E-state index is 0.124. The quantitative estimate of drug-likeness (QED) is 0.871. The molecule has 0 aromatic heterocycles. The van der Waals surface area contributed by atoms with Crippen LogP contribution >= 0.6 is 15.9 Å². The molecule has 0 radical (unpaired) electrons. The lowest BCUT2D eigenvalue weighted by Gasteiger charge is -2.44. The molecular weight excluding hydrogens is 308 g/mol. The fraction of sp³-hybridized carbons (Fsp3) is 0.500. The van der Waals surface area contributed by atoms with Crippen LogP contribution in [0.2, 0.25) is 0 Å². The second kappa shape index (κ2) is 5.13. The Bertz CT molecular complexity index is 502. The monoisotopic (exact) mass is 326 g/mol. The van der Waals surface area contributed by atoms with Gasteiger partial charge in [-0.05, 0) is 44.5 Å². The van der Waals surface area contributed by atoms with Crippen LogP contribution in [0.3, 0.4) is 0 Å². The third-order valence-electron chi connectivity index (χ3n) is 3.35. The van der Waals surface area contributed by atoms with Crippen LogP contribution < -0.4 is 10.2 Å². The molecule has 1 heterocycles. The minimum atomic E-state index is -0.520. The van der Waals surface area contributed by atoms with E-state index in [-0.39, 0.29) is 18.1 Å². The van der Waals surface area contributed by atoms with Crippen LogP contribution in [0.15, 0.2) is 22.7 Å². The molecule has 2 rings (SSSR count). The number of amides is 1. The Morgan fingerprint density at radius 2 is 2.21 bits per heavy atom. The van der Waals surface area contributed by atoms with Gasteiger partial charge in [0.1, 0.15) is 6.04 Å². The van der Waals surface area contributed by atoms with Crippen molar-refractivity contribution in [3.8, 4) is 0 Å². The van der Waals surface area contributed by atoms with Gasteiger partial charge in [0.05, 0.1) is 12.1 Å². The average Bonchev–Trinajstić information content (AvgIpc) is 2.26. The van der Waals surface area contributed by atoms with Crippen molar-refractivity contribution in [3.63, 3.8) is 0 Å². The summed E-state index contributed by atoms with van der Waals surface area (Å²) in [6.45, 7) is 6.47. The van der Waals surface area contributed by atoms with E-state index in [1.165, 1.54) is 0 Å². The summed E-state index contributed by atoms with van der Waals surface area (Å²) in [5.41, 5.74) is 1.77. The van der Waals surface area contributed by atoms with Crippen LogP contribution in [-0.4, -0.2) is 35.7 Å². The molecule has 104 valence electrons. The SMILES string of the molecule is Cc1cc(Br)ccc1N1CC(C)(C)NC(=O)C1CO. The summed E-state index contributed by atoms with van der Waals surface area (Å²) in [6, 6.07) is 5.43. The Labute approximate surface area is 121 Å². The lowest BCUT2D eigenvalue weighted by atomic mass is 9.97. The maximum absolute atomic E-state index is 12.1. The zero-order valence-electron chi connectivity index (χ0n) is 11.4. The third kappa shape index (κ3) is 2.92. The molecule has 5 heteroatoms. The van der Waals surface area contributed by atoms with Crippen LogP contribution in [0.5, 0.6) is 0 Å². The Morgan fingerprint density at radius 3 is 2.79 bits per heavy atom. The van der Waals surface area contributed by atoms with E-state index >= 15 is 0 Å². The van der Waals surface area contributed by atoms with Gasteiger partial charge < -0.3 is 15.3 Å². The van der Waals surface area contributed by atoms with E-state index in [1.807, 2.05) is 43.9 Å². The predicted octanol–water partition coefficient (Wildman–Crippen LogP) is 1.83. The van der Waals surface area contributed by atoms with Crippen molar-refractivity contribution >= 4 is 27.5 Å². The first kappa shape index (κ1) is 14.3. The third-order valence-corrected chi connectivity index (χ3v) is 3.84. The fourth-order valence-corrected chi connectivity index (χ4v) is 2.99. The molecule has 1 amide bonds. The molecule has 0 spiro atoms. The fourth-order valence-electron chi connectivity index (χ4n) is 2.51. The molecule has 0 aliphatic carbocycles. The van der Waals surface area contributed by atoms with Gasteiger partial charge in [-0.15, -0.1) is 0 Å². The van der Waals surface area contributed by atoms with Crippen LogP contribution in [-0.2, 0) is 4.79 Å². The van der Waals surface area contributed by atoms with E-state index in [0.717, 1.165) is 15.7 Å². The van der Waals surface area contributed by atoms with Crippen LogP contribution in [0.4, 0.5) is 5.69 Å². The second-order valence-corrected chi connectivity index (χ2v) is 6.55. The van der Waals surface area contributed by atoms with Crippen molar-refractivity contribution in [1.29, 1.82) is 0 Å².